The van der Waals surface area contributed by atoms with Gasteiger partial charge in [-0.3, -0.25) is 9.59 Å². The summed E-state index contributed by atoms with van der Waals surface area (Å²) in [6.45, 7) is 2.71. The molecule has 0 atom stereocenters. The molecule has 0 aliphatic heterocycles. The van der Waals surface area contributed by atoms with Gasteiger partial charge in [0.15, 0.2) is 0 Å². The van der Waals surface area contributed by atoms with Crippen LogP contribution in [0.25, 0.3) is 0 Å². The number of carboxylic acids is 1. The zero-order chi connectivity index (χ0) is 17.4. The summed E-state index contributed by atoms with van der Waals surface area (Å²) in [6.07, 6.45) is 0. The highest BCUT2D eigenvalue weighted by molar-refractivity contribution is 9.12. The van der Waals surface area contributed by atoms with E-state index < -0.39 is 5.97 Å². The number of hydrogen-bond donors (Lipinski definition) is 1. The van der Waals surface area contributed by atoms with E-state index in [1.807, 2.05) is 0 Å². The van der Waals surface area contributed by atoms with Crippen LogP contribution < -0.4 is 9.80 Å². The molecule has 1 rings (SSSR count). The van der Waals surface area contributed by atoms with Crippen molar-refractivity contribution in [1.82, 2.24) is 0 Å². The first-order valence-electron chi connectivity index (χ1n) is 5.94. The Morgan fingerprint density at radius 3 is 1.36 bits per heavy atom. The highest BCUT2D eigenvalue weighted by Gasteiger charge is 2.29. The Labute approximate surface area is 152 Å². The minimum absolute atomic E-state index is 0.0746. The van der Waals surface area contributed by atoms with E-state index in [0.29, 0.717) is 15.8 Å². The largest absolute Gasteiger partial charge is 0.478 e. The van der Waals surface area contributed by atoms with E-state index >= 15 is 0 Å². The molecule has 0 unspecified atom stereocenters. The summed E-state index contributed by atoms with van der Waals surface area (Å²) in [4.78, 5) is 37.5. The number of aromatic carboxylic acids is 1. The number of rotatable bonds is 3. The molecule has 0 radical (unpaired) electrons. The molecule has 0 aromatic heterocycles. The van der Waals surface area contributed by atoms with E-state index in [1.54, 1.807) is 0 Å². The van der Waals surface area contributed by atoms with Gasteiger partial charge in [-0.05, 0) is 47.8 Å². The van der Waals surface area contributed by atoms with Crippen molar-refractivity contribution in [3.63, 3.8) is 0 Å². The molecule has 0 bridgehead atoms. The molecule has 120 valence electrons. The molecule has 1 aromatic rings. The Bertz CT molecular complexity index is 629. The highest BCUT2D eigenvalue weighted by Crippen LogP contribution is 2.48. The van der Waals surface area contributed by atoms with Crippen LogP contribution >= 0.6 is 47.8 Å². The lowest BCUT2D eigenvalue weighted by atomic mass is 10.1. The molecule has 6 nitrogen and oxygen atoms in total. The first-order chi connectivity index (χ1) is 10.0. The van der Waals surface area contributed by atoms with Crippen molar-refractivity contribution in [2.45, 2.75) is 13.8 Å². The van der Waals surface area contributed by atoms with Crippen LogP contribution in [0.2, 0.25) is 0 Å². The van der Waals surface area contributed by atoms with Crippen LogP contribution in [-0.4, -0.2) is 37.0 Å². The third kappa shape index (κ3) is 3.36. The molecule has 0 saturated carbocycles. The van der Waals surface area contributed by atoms with E-state index in [2.05, 4.69) is 47.8 Å². The summed E-state index contributed by atoms with van der Waals surface area (Å²) in [5.74, 6) is -1.75. The lowest BCUT2D eigenvalue weighted by Gasteiger charge is -2.26. The number of halogens is 3. The summed E-state index contributed by atoms with van der Waals surface area (Å²) in [6, 6.07) is 0. The number of anilines is 2. The molecule has 9 heteroatoms. The van der Waals surface area contributed by atoms with Gasteiger partial charge in [0, 0.05) is 27.9 Å². The number of carbonyl (C=O) groups is 3. The highest BCUT2D eigenvalue weighted by atomic mass is 79.9. The lowest BCUT2D eigenvalue weighted by molar-refractivity contribution is -0.117. The van der Waals surface area contributed by atoms with Gasteiger partial charge in [-0.2, -0.15) is 0 Å². The SMILES string of the molecule is CC(=O)N(C)c1c(Br)c(C(=O)O)c(Br)c(N(C)C(C)=O)c1Br. The molecule has 0 saturated heterocycles. The van der Waals surface area contributed by atoms with Crippen molar-refractivity contribution in [3.05, 3.63) is 19.0 Å². The van der Waals surface area contributed by atoms with Crippen LogP contribution in [0.1, 0.15) is 24.2 Å². The van der Waals surface area contributed by atoms with Gasteiger partial charge in [-0.25, -0.2) is 4.79 Å². The van der Waals surface area contributed by atoms with Crippen molar-refractivity contribution in [3.8, 4) is 0 Å². The monoisotopic (exact) mass is 498 g/mol. The predicted octanol–water partition coefficient (Wildman–Crippen LogP) is 3.64. The minimum Gasteiger partial charge on any atom is -0.478 e. The fraction of sp³-hybridized carbons (Fsp3) is 0.308. The van der Waals surface area contributed by atoms with Crippen LogP contribution in [0.3, 0.4) is 0 Å². The fourth-order valence-electron chi connectivity index (χ4n) is 1.73. The summed E-state index contributed by atoms with van der Waals surface area (Å²) in [7, 11) is 3.04. The number of amides is 2. The van der Waals surface area contributed by atoms with Gasteiger partial charge >= 0.3 is 5.97 Å². The molecule has 0 aliphatic carbocycles. The van der Waals surface area contributed by atoms with Crippen LogP contribution in [0.5, 0.6) is 0 Å². The first kappa shape index (κ1) is 19.1. The van der Waals surface area contributed by atoms with Gasteiger partial charge < -0.3 is 14.9 Å². The van der Waals surface area contributed by atoms with E-state index in [9.17, 15) is 19.5 Å². The molecule has 1 N–H and O–H groups in total. The van der Waals surface area contributed by atoms with Crippen molar-refractivity contribution >= 4 is 76.9 Å². The first-order valence-corrected chi connectivity index (χ1v) is 8.32. The predicted molar refractivity (Wildman–Crippen MR) is 94.7 cm³/mol. The van der Waals surface area contributed by atoms with E-state index in [1.165, 1.54) is 37.7 Å². The molecule has 0 fully saturated rings. The Morgan fingerprint density at radius 1 is 0.818 bits per heavy atom. The molecule has 0 heterocycles. The van der Waals surface area contributed by atoms with Crippen LogP contribution in [0.15, 0.2) is 13.4 Å². The van der Waals surface area contributed by atoms with Gasteiger partial charge in [0.05, 0.1) is 30.4 Å². The molecule has 0 spiro atoms. The Morgan fingerprint density at radius 2 is 1.14 bits per heavy atom. The minimum atomic E-state index is -1.19. The van der Waals surface area contributed by atoms with Gasteiger partial charge in [-0.15, -0.1) is 0 Å². The standard InChI is InChI=1S/C13H13Br3N2O4/c1-5(19)17(3)11-8(14)7(13(21)22)9(15)12(10(11)16)18(4)6(2)20/h1-4H3,(H,21,22). The van der Waals surface area contributed by atoms with Crippen LogP contribution in [-0.2, 0) is 9.59 Å². The maximum atomic E-state index is 11.7. The van der Waals surface area contributed by atoms with E-state index in [4.69, 9.17) is 0 Å². The third-order valence-corrected chi connectivity index (χ3v) is 5.40. The van der Waals surface area contributed by atoms with Gasteiger partial charge in [0.25, 0.3) is 0 Å². The normalized spacial score (nSPS) is 10.3. The Kier molecular flexibility index (Phi) is 6.17. The lowest BCUT2D eigenvalue weighted by Crippen LogP contribution is -2.28. The quantitative estimate of drug-likeness (QED) is 0.687. The molecule has 2 amide bonds. The average molecular weight is 501 g/mol. The Hall–Kier alpha value is -0.930. The molecule has 22 heavy (non-hydrogen) atoms. The van der Waals surface area contributed by atoms with Crippen LogP contribution in [0, 0.1) is 0 Å². The number of hydrogen-bond acceptors (Lipinski definition) is 3. The second-order valence-corrected chi connectivity index (χ2v) is 6.85. The summed E-state index contributed by atoms with van der Waals surface area (Å²) < 4.78 is 0.890. The van der Waals surface area contributed by atoms with E-state index in [-0.39, 0.29) is 26.3 Å². The van der Waals surface area contributed by atoms with Gasteiger partial charge in [0.1, 0.15) is 0 Å². The Balaban J connectivity index is 3.91. The number of nitrogens with zero attached hydrogens (tertiary/aromatic N) is 2. The molecular formula is C13H13Br3N2O4. The van der Waals surface area contributed by atoms with Crippen molar-refractivity contribution in [1.29, 1.82) is 0 Å². The summed E-state index contributed by atoms with van der Waals surface area (Å²) >= 11 is 9.83. The zero-order valence-electron chi connectivity index (χ0n) is 12.2. The molecule has 0 aliphatic rings. The summed E-state index contributed by atoms with van der Waals surface area (Å²) in [5.41, 5.74) is 0.585. The van der Waals surface area contributed by atoms with Crippen LogP contribution in [0.4, 0.5) is 11.4 Å². The fourth-order valence-corrected chi connectivity index (χ4v) is 5.12. The number of carbonyl (C=O) groups excluding carboxylic acids is 2. The molecule has 1 aromatic carbocycles. The van der Waals surface area contributed by atoms with Crippen molar-refractivity contribution < 1.29 is 19.5 Å². The van der Waals surface area contributed by atoms with Crippen molar-refractivity contribution in [2.24, 2.45) is 0 Å². The number of benzene rings is 1. The van der Waals surface area contributed by atoms with Gasteiger partial charge in [0.2, 0.25) is 11.8 Å². The molecular weight excluding hydrogens is 488 g/mol. The number of carboxylic acid groups (broad SMARTS) is 1. The van der Waals surface area contributed by atoms with Gasteiger partial charge in [-0.1, -0.05) is 0 Å². The second kappa shape index (κ2) is 7.10. The maximum Gasteiger partial charge on any atom is 0.338 e. The zero-order valence-corrected chi connectivity index (χ0v) is 17.0. The average Bonchev–Trinajstić information content (AvgIpc) is 2.37. The smallest absolute Gasteiger partial charge is 0.338 e. The summed E-state index contributed by atoms with van der Waals surface area (Å²) in [5, 5.41) is 9.44. The van der Waals surface area contributed by atoms with E-state index in [0.717, 1.165) is 0 Å². The topological polar surface area (TPSA) is 77.9 Å². The maximum absolute atomic E-state index is 11.7. The van der Waals surface area contributed by atoms with Crippen molar-refractivity contribution in [2.75, 3.05) is 23.9 Å². The second-order valence-electron chi connectivity index (χ2n) is 4.48. The third-order valence-electron chi connectivity index (χ3n) is 3.10.